The summed E-state index contributed by atoms with van der Waals surface area (Å²) < 4.78 is 10.6. The lowest BCUT2D eigenvalue weighted by molar-refractivity contribution is -0.154. The lowest BCUT2D eigenvalue weighted by Gasteiger charge is -2.26. The lowest BCUT2D eigenvalue weighted by atomic mass is 9.81. The lowest BCUT2D eigenvalue weighted by Crippen LogP contribution is -2.39. The summed E-state index contributed by atoms with van der Waals surface area (Å²) >= 11 is 0. The Hall–Kier alpha value is -2.37. The average molecular weight is 418 g/mol. The molecule has 0 aliphatic heterocycles. The van der Waals surface area contributed by atoms with Gasteiger partial charge in [-0.1, -0.05) is 62.4 Å². The summed E-state index contributed by atoms with van der Waals surface area (Å²) in [6.45, 7) is 5.33. The molecule has 1 amide bonds. The molecular formula is C24H35NO5. The maximum absolute atomic E-state index is 12.8. The quantitative estimate of drug-likeness (QED) is 0.610. The molecule has 1 atom stereocenters. The van der Waals surface area contributed by atoms with Gasteiger partial charge in [0.2, 0.25) is 5.91 Å². The van der Waals surface area contributed by atoms with Gasteiger partial charge in [-0.05, 0) is 38.7 Å². The van der Waals surface area contributed by atoms with Gasteiger partial charge in [0.25, 0.3) is 0 Å². The first-order valence-corrected chi connectivity index (χ1v) is 10.9. The number of nitrogens with one attached hydrogen (secondary N) is 1. The fraction of sp³-hybridized carbons (Fsp3) is 0.625. The first-order valence-electron chi connectivity index (χ1n) is 10.9. The molecule has 0 aromatic heterocycles. The molecule has 1 fully saturated rings. The molecule has 0 bridgehead atoms. The molecule has 0 unspecified atom stereocenters. The van der Waals surface area contributed by atoms with E-state index in [2.05, 4.69) is 5.32 Å². The van der Waals surface area contributed by atoms with E-state index >= 15 is 0 Å². The second-order valence-electron chi connectivity index (χ2n) is 9.09. The Morgan fingerprint density at radius 1 is 1.03 bits per heavy atom. The highest BCUT2D eigenvalue weighted by atomic mass is 16.6. The van der Waals surface area contributed by atoms with Crippen LogP contribution in [0.2, 0.25) is 0 Å². The summed E-state index contributed by atoms with van der Waals surface area (Å²) in [7, 11) is 0. The third-order valence-electron chi connectivity index (χ3n) is 5.20. The van der Waals surface area contributed by atoms with Crippen LogP contribution < -0.4 is 5.32 Å². The molecule has 6 nitrogen and oxygen atoms in total. The van der Waals surface area contributed by atoms with Crippen molar-refractivity contribution in [3.8, 4) is 0 Å². The monoisotopic (exact) mass is 417 g/mol. The standard InChI is InChI=1S/C24H35NO5/c1-24(2,3)30-22(27)16-25-23(28)20(14-18-10-6-4-7-11-18)15-21(26)29-17-19-12-8-5-9-13-19/h5,8-9,12-13,18,20H,4,6-7,10-11,14-17H2,1-3H3,(H,25,28)/t20-/m1/s1. The minimum atomic E-state index is -0.607. The second kappa shape index (κ2) is 11.7. The zero-order valence-corrected chi connectivity index (χ0v) is 18.4. The Kier molecular flexibility index (Phi) is 9.34. The number of hydrogen-bond acceptors (Lipinski definition) is 5. The van der Waals surface area contributed by atoms with Gasteiger partial charge in [0.05, 0.1) is 6.42 Å². The molecular weight excluding hydrogens is 382 g/mol. The van der Waals surface area contributed by atoms with Crippen molar-refractivity contribution in [2.24, 2.45) is 11.8 Å². The van der Waals surface area contributed by atoms with Crippen molar-refractivity contribution in [1.82, 2.24) is 5.32 Å². The van der Waals surface area contributed by atoms with E-state index in [-0.39, 0.29) is 25.5 Å². The van der Waals surface area contributed by atoms with Crippen LogP contribution in [0.1, 0.15) is 71.3 Å². The molecule has 0 radical (unpaired) electrons. The highest BCUT2D eigenvalue weighted by Gasteiger charge is 2.28. The molecule has 1 N–H and O–H groups in total. The van der Waals surface area contributed by atoms with E-state index in [1.807, 2.05) is 30.3 Å². The van der Waals surface area contributed by atoms with Gasteiger partial charge in [-0.3, -0.25) is 14.4 Å². The molecule has 0 saturated heterocycles. The number of rotatable bonds is 9. The van der Waals surface area contributed by atoms with E-state index in [0.29, 0.717) is 12.3 Å². The number of amides is 1. The largest absolute Gasteiger partial charge is 0.461 e. The van der Waals surface area contributed by atoms with Crippen LogP contribution in [0, 0.1) is 11.8 Å². The number of carbonyl (C=O) groups excluding carboxylic acids is 3. The second-order valence-corrected chi connectivity index (χ2v) is 9.09. The van der Waals surface area contributed by atoms with Crippen LogP contribution in [0.15, 0.2) is 30.3 Å². The van der Waals surface area contributed by atoms with E-state index < -0.39 is 23.5 Å². The minimum Gasteiger partial charge on any atom is -0.461 e. The van der Waals surface area contributed by atoms with Gasteiger partial charge in [-0.2, -0.15) is 0 Å². The van der Waals surface area contributed by atoms with Crippen LogP contribution in [-0.4, -0.2) is 30.0 Å². The summed E-state index contributed by atoms with van der Waals surface area (Å²) in [5.74, 6) is -1.24. The number of benzene rings is 1. The zero-order chi connectivity index (χ0) is 22.0. The van der Waals surface area contributed by atoms with Crippen LogP contribution in [0.25, 0.3) is 0 Å². The number of hydrogen-bond donors (Lipinski definition) is 1. The SMILES string of the molecule is CC(C)(C)OC(=O)CNC(=O)[C@@H](CC(=O)OCc1ccccc1)CC1CCCCC1. The van der Waals surface area contributed by atoms with Crippen molar-refractivity contribution in [3.63, 3.8) is 0 Å². The number of carbonyl (C=O) groups is 3. The van der Waals surface area contributed by atoms with Crippen molar-refractivity contribution in [2.45, 2.75) is 77.9 Å². The molecule has 0 heterocycles. The van der Waals surface area contributed by atoms with Crippen molar-refractivity contribution < 1.29 is 23.9 Å². The maximum Gasteiger partial charge on any atom is 0.325 e. The molecule has 1 aliphatic rings. The van der Waals surface area contributed by atoms with Crippen molar-refractivity contribution in [1.29, 1.82) is 0 Å². The Morgan fingerprint density at radius 3 is 2.33 bits per heavy atom. The molecule has 1 aromatic carbocycles. The molecule has 166 valence electrons. The predicted molar refractivity (Wildman–Crippen MR) is 114 cm³/mol. The summed E-state index contributed by atoms with van der Waals surface area (Å²) in [4.78, 5) is 37.1. The number of esters is 2. The van der Waals surface area contributed by atoms with Crippen LogP contribution >= 0.6 is 0 Å². The summed E-state index contributed by atoms with van der Waals surface area (Å²) in [5, 5.41) is 2.65. The summed E-state index contributed by atoms with van der Waals surface area (Å²) in [6, 6.07) is 9.46. The fourth-order valence-electron chi connectivity index (χ4n) is 3.79. The first kappa shape index (κ1) is 23.9. The third kappa shape index (κ3) is 9.42. The van der Waals surface area contributed by atoms with Gasteiger partial charge in [0.15, 0.2) is 0 Å². The molecule has 1 saturated carbocycles. The Morgan fingerprint density at radius 2 is 1.70 bits per heavy atom. The van der Waals surface area contributed by atoms with Crippen molar-refractivity contribution in [3.05, 3.63) is 35.9 Å². The van der Waals surface area contributed by atoms with E-state index in [0.717, 1.165) is 31.2 Å². The molecule has 1 aromatic rings. The van der Waals surface area contributed by atoms with Gasteiger partial charge in [0, 0.05) is 5.92 Å². The normalized spacial score (nSPS) is 15.8. The third-order valence-corrected chi connectivity index (χ3v) is 5.20. The van der Waals surface area contributed by atoms with E-state index in [1.54, 1.807) is 20.8 Å². The smallest absolute Gasteiger partial charge is 0.325 e. The summed E-state index contributed by atoms with van der Waals surface area (Å²) in [6.07, 6.45) is 6.36. The van der Waals surface area contributed by atoms with E-state index in [9.17, 15) is 14.4 Å². The van der Waals surface area contributed by atoms with Gasteiger partial charge < -0.3 is 14.8 Å². The van der Waals surface area contributed by atoms with Crippen LogP contribution in [0.3, 0.4) is 0 Å². The Labute approximate surface area is 179 Å². The van der Waals surface area contributed by atoms with Crippen LogP contribution in [0.4, 0.5) is 0 Å². The van der Waals surface area contributed by atoms with E-state index in [4.69, 9.17) is 9.47 Å². The number of ether oxygens (including phenoxy) is 2. The zero-order valence-electron chi connectivity index (χ0n) is 18.4. The molecule has 1 aliphatic carbocycles. The maximum atomic E-state index is 12.8. The predicted octanol–water partition coefficient (Wildman–Crippen LogP) is 4.16. The van der Waals surface area contributed by atoms with Gasteiger partial charge >= 0.3 is 11.9 Å². The molecule has 6 heteroatoms. The average Bonchev–Trinajstić information content (AvgIpc) is 2.70. The molecule has 30 heavy (non-hydrogen) atoms. The molecule has 2 rings (SSSR count). The van der Waals surface area contributed by atoms with Crippen LogP contribution in [-0.2, 0) is 30.5 Å². The summed E-state index contributed by atoms with van der Waals surface area (Å²) in [5.41, 5.74) is 0.300. The Bertz CT molecular complexity index is 689. The van der Waals surface area contributed by atoms with Crippen molar-refractivity contribution >= 4 is 17.8 Å². The van der Waals surface area contributed by atoms with Gasteiger partial charge in [0.1, 0.15) is 18.8 Å². The molecule has 0 spiro atoms. The van der Waals surface area contributed by atoms with Gasteiger partial charge in [-0.15, -0.1) is 0 Å². The fourth-order valence-corrected chi connectivity index (χ4v) is 3.79. The first-order chi connectivity index (χ1) is 14.2. The minimum absolute atomic E-state index is 0.0173. The van der Waals surface area contributed by atoms with Crippen LogP contribution in [0.5, 0.6) is 0 Å². The Balaban J connectivity index is 1.90. The highest BCUT2D eigenvalue weighted by Crippen LogP contribution is 2.30. The van der Waals surface area contributed by atoms with Crippen molar-refractivity contribution in [2.75, 3.05) is 6.54 Å². The van der Waals surface area contributed by atoms with Gasteiger partial charge in [-0.25, -0.2) is 0 Å². The highest BCUT2D eigenvalue weighted by molar-refractivity contribution is 5.86. The van der Waals surface area contributed by atoms with E-state index in [1.165, 1.54) is 6.42 Å². The topological polar surface area (TPSA) is 81.7 Å².